The van der Waals surface area contributed by atoms with E-state index in [2.05, 4.69) is 29.1 Å². The molecule has 0 aliphatic heterocycles. The van der Waals surface area contributed by atoms with Crippen molar-refractivity contribution in [3.63, 3.8) is 0 Å². The van der Waals surface area contributed by atoms with Crippen LogP contribution in [0.15, 0.2) is 6.07 Å². The van der Waals surface area contributed by atoms with E-state index in [0.717, 1.165) is 29.2 Å². The number of hydrogen-bond donors (Lipinski definition) is 1. The predicted octanol–water partition coefficient (Wildman–Crippen LogP) is 3.33. The van der Waals surface area contributed by atoms with Crippen LogP contribution >= 0.6 is 0 Å². The van der Waals surface area contributed by atoms with Crippen molar-refractivity contribution < 1.29 is 0 Å². The average molecular weight is 233 g/mol. The fourth-order valence-electron chi connectivity index (χ4n) is 3.04. The highest BCUT2D eigenvalue weighted by molar-refractivity contribution is 5.29. The molecular weight excluding hydrogens is 210 g/mol. The molecule has 3 nitrogen and oxygen atoms in total. The Labute approximate surface area is 104 Å². The molecule has 1 aromatic rings. The van der Waals surface area contributed by atoms with Gasteiger partial charge in [0.25, 0.3) is 0 Å². The van der Waals surface area contributed by atoms with Crippen molar-refractivity contribution in [1.29, 1.82) is 0 Å². The van der Waals surface area contributed by atoms with E-state index in [4.69, 9.17) is 0 Å². The second kappa shape index (κ2) is 5.03. The van der Waals surface area contributed by atoms with Gasteiger partial charge in [0.05, 0.1) is 0 Å². The van der Waals surface area contributed by atoms with E-state index in [9.17, 15) is 0 Å². The molecule has 1 saturated carbocycles. The Kier molecular flexibility index (Phi) is 3.65. The molecular formula is C14H23N3. The minimum Gasteiger partial charge on any atom is -0.351 e. The number of aryl methyl sites for hydroxylation is 2. The first-order valence-corrected chi connectivity index (χ1v) is 6.61. The maximum absolute atomic E-state index is 4.46. The van der Waals surface area contributed by atoms with Crippen molar-refractivity contribution in [2.45, 2.75) is 53.0 Å². The van der Waals surface area contributed by atoms with Crippen LogP contribution in [-0.2, 0) is 0 Å². The maximum atomic E-state index is 4.46. The van der Waals surface area contributed by atoms with Crippen LogP contribution in [-0.4, -0.2) is 16.0 Å². The summed E-state index contributed by atoms with van der Waals surface area (Å²) in [4.78, 5) is 8.91. The Morgan fingerprint density at radius 1 is 1.00 bits per heavy atom. The van der Waals surface area contributed by atoms with Gasteiger partial charge in [-0.1, -0.05) is 13.8 Å². The number of nitrogens with one attached hydrogen (secondary N) is 1. The number of nitrogens with zero attached hydrogens (tertiary/aromatic N) is 2. The van der Waals surface area contributed by atoms with Gasteiger partial charge in [-0.15, -0.1) is 0 Å². The molecule has 1 aliphatic rings. The van der Waals surface area contributed by atoms with E-state index in [0.29, 0.717) is 6.04 Å². The quantitative estimate of drug-likeness (QED) is 0.851. The fourth-order valence-corrected chi connectivity index (χ4v) is 3.04. The van der Waals surface area contributed by atoms with Gasteiger partial charge in [-0.25, -0.2) is 9.97 Å². The van der Waals surface area contributed by atoms with Crippen LogP contribution in [0.5, 0.6) is 0 Å². The summed E-state index contributed by atoms with van der Waals surface area (Å²) in [5.74, 6) is 2.41. The topological polar surface area (TPSA) is 37.8 Å². The average Bonchev–Trinajstić information content (AvgIpc) is 2.13. The normalized spacial score (nSPS) is 29.1. The fraction of sp³-hybridized carbons (Fsp3) is 0.714. The van der Waals surface area contributed by atoms with Crippen molar-refractivity contribution in [1.82, 2.24) is 9.97 Å². The zero-order valence-electron chi connectivity index (χ0n) is 11.3. The van der Waals surface area contributed by atoms with Gasteiger partial charge in [0.1, 0.15) is 0 Å². The molecule has 3 heteroatoms. The first kappa shape index (κ1) is 12.3. The molecule has 2 rings (SSSR count). The number of rotatable bonds is 2. The van der Waals surface area contributed by atoms with Crippen molar-refractivity contribution in [3.05, 3.63) is 17.5 Å². The van der Waals surface area contributed by atoms with Crippen molar-refractivity contribution in [3.8, 4) is 0 Å². The van der Waals surface area contributed by atoms with Gasteiger partial charge in [-0.05, 0) is 51.0 Å². The Balaban J connectivity index is 2.04. The van der Waals surface area contributed by atoms with Crippen LogP contribution in [0.4, 0.5) is 5.95 Å². The predicted molar refractivity (Wildman–Crippen MR) is 71.1 cm³/mol. The van der Waals surface area contributed by atoms with Crippen LogP contribution in [0.3, 0.4) is 0 Å². The van der Waals surface area contributed by atoms with Crippen LogP contribution in [0.2, 0.25) is 0 Å². The van der Waals surface area contributed by atoms with Gasteiger partial charge in [-0.2, -0.15) is 0 Å². The summed E-state index contributed by atoms with van der Waals surface area (Å²) in [5, 5.41) is 3.50. The van der Waals surface area contributed by atoms with Gasteiger partial charge in [-0.3, -0.25) is 0 Å². The van der Waals surface area contributed by atoms with E-state index in [1.165, 1.54) is 19.3 Å². The minimum absolute atomic E-state index is 0.537. The van der Waals surface area contributed by atoms with Gasteiger partial charge in [0, 0.05) is 17.4 Å². The molecule has 1 aromatic heterocycles. The highest BCUT2D eigenvalue weighted by Gasteiger charge is 2.24. The number of hydrogen-bond acceptors (Lipinski definition) is 3. The summed E-state index contributed by atoms with van der Waals surface area (Å²) in [6.45, 7) is 8.72. The SMILES string of the molecule is Cc1cc(C)nc(NC2CC(C)CC(C)C2)n1. The summed E-state index contributed by atoms with van der Waals surface area (Å²) in [6.07, 6.45) is 3.83. The molecule has 1 aliphatic carbocycles. The monoisotopic (exact) mass is 233 g/mol. The molecule has 17 heavy (non-hydrogen) atoms. The molecule has 1 heterocycles. The van der Waals surface area contributed by atoms with E-state index in [-0.39, 0.29) is 0 Å². The third-order valence-corrected chi connectivity index (χ3v) is 3.49. The Bertz CT molecular complexity index is 359. The summed E-state index contributed by atoms with van der Waals surface area (Å²) in [7, 11) is 0. The Hall–Kier alpha value is -1.12. The van der Waals surface area contributed by atoms with Crippen LogP contribution in [0.25, 0.3) is 0 Å². The third kappa shape index (κ3) is 3.42. The zero-order chi connectivity index (χ0) is 12.4. The van der Waals surface area contributed by atoms with E-state index >= 15 is 0 Å². The van der Waals surface area contributed by atoms with Crippen LogP contribution in [0, 0.1) is 25.7 Å². The van der Waals surface area contributed by atoms with Crippen molar-refractivity contribution >= 4 is 5.95 Å². The summed E-state index contributed by atoms with van der Waals surface area (Å²) in [5.41, 5.74) is 2.08. The first-order valence-electron chi connectivity index (χ1n) is 6.61. The molecule has 0 amide bonds. The van der Waals surface area contributed by atoms with E-state index in [1.54, 1.807) is 0 Å². The molecule has 0 radical (unpaired) electrons. The zero-order valence-corrected chi connectivity index (χ0v) is 11.3. The summed E-state index contributed by atoms with van der Waals surface area (Å²) < 4.78 is 0. The molecule has 0 bridgehead atoms. The van der Waals surface area contributed by atoms with E-state index < -0.39 is 0 Å². The van der Waals surface area contributed by atoms with Crippen molar-refractivity contribution in [2.24, 2.45) is 11.8 Å². The molecule has 0 saturated heterocycles. The second-order valence-corrected chi connectivity index (χ2v) is 5.73. The Morgan fingerprint density at radius 3 is 2.06 bits per heavy atom. The molecule has 94 valence electrons. The molecule has 2 atom stereocenters. The van der Waals surface area contributed by atoms with Crippen LogP contribution < -0.4 is 5.32 Å². The second-order valence-electron chi connectivity index (χ2n) is 5.73. The highest BCUT2D eigenvalue weighted by atomic mass is 15.1. The molecule has 2 unspecified atom stereocenters. The number of aromatic nitrogens is 2. The highest BCUT2D eigenvalue weighted by Crippen LogP contribution is 2.29. The lowest BCUT2D eigenvalue weighted by atomic mass is 9.80. The molecule has 0 spiro atoms. The van der Waals surface area contributed by atoms with Gasteiger partial charge in [0.15, 0.2) is 0 Å². The molecule has 1 N–H and O–H groups in total. The van der Waals surface area contributed by atoms with Gasteiger partial charge in [0.2, 0.25) is 5.95 Å². The largest absolute Gasteiger partial charge is 0.351 e. The maximum Gasteiger partial charge on any atom is 0.223 e. The van der Waals surface area contributed by atoms with Gasteiger partial charge >= 0.3 is 0 Å². The van der Waals surface area contributed by atoms with Gasteiger partial charge < -0.3 is 5.32 Å². The minimum atomic E-state index is 0.537. The summed E-state index contributed by atoms with van der Waals surface area (Å²) >= 11 is 0. The summed E-state index contributed by atoms with van der Waals surface area (Å²) in [6, 6.07) is 2.55. The lowest BCUT2D eigenvalue weighted by Gasteiger charge is -2.32. The lowest BCUT2D eigenvalue weighted by Crippen LogP contribution is -2.31. The first-order chi connectivity index (χ1) is 8.02. The molecule has 0 aromatic carbocycles. The lowest BCUT2D eigenvalue weighted by molar-refractivity contribution is 0.280. The molecule has 1 fully saturated rings. The Morgan fingerprint density at radius 2 is 1.53 bits per heavy atom. The van der Waals surface area contributed by atoms with E-state index in [1.807, 2.05) is 19.9 Å². The smallest absolute Gasteiger partial charge is 0.223 e. The third-order valence-electron chi connectivity index (χ3n) is 3.49. The van der Waals surface area contributed by atoms with Crippen molar-refractivity contribution in [2.75, 3.05) is 5.32 Å². The number of anilines is 1. The van der Waals surface area contributed by atoms with Crippen LogP contribution in [0.1, 0.15) is 44.5 Å². The standard InChI is InChI=1S/C14H23N3/c1-9-5-10(2)7-13(6-9)17-14-15-11(3)8-12(4)16-14/h8-10,13H,5-7H2,1-4H3,(H,15,16,17).